The maximum Gasteiger partial charge on any atom is 0.0178 e. The molecule has 1 aliphatic rings. The standard InChI is InChI=1S/C14H20BrN/c1-11(10-16-14-7-2-3-8-14)12-5-4-6-13(15)9-12/h4-6,9,11,14,16H,2-3,7-8,10H2,1H3. The zero-order chi connectivity index (χ0) is 11.4. The van der Waals surface area contributed by atoms with Crippen molar-refractivity contribution in [2.45, 2.75) is 44.6 Å². The molecule has 1 aliphatic carbocycles. The van der Waals surface area contributed by atoms with Gasteiger partial charge in [0.1, 0.15) is 0 Å². The van der Waals surface area contributed by atoms with Crippen molar-refractivity contribution in [3.63, 3.8) is 0 Å². The van der Waals surface area contributed by atoms with Crippen molar-refractivity contribution in [3.8, 4) is 0 Å². The lowest BCUT2D eigenvalue weighted by molar-refractivity contribution is 0.499. The third-order valence-electron chi connectivity index (χ3n) is 3.49. The normalized spacial score (nSPS) is 18.9. The highest BCUT2D eigenvalue weighted by Gasteiger charge is 2.15. The SMILES string of the molecule is CC(CNC1CCCC1)c1cccc(Br)c1. The predicted molar refractivity (Wildman–Crippen MR) is 72.8 cm³/mol. The zero-order valence-corrected chi connectivity index (χ0v) is 11.5. The lowest BCUT2D eigenvalue weighted by Gasteiger charge is -2.17. The van der Waals surface area contributed by atoms with Crippen LogP contribution in [0.15, 0.2) is 28.7 Å². The Balaban J connectivity index is 1.85. The Morgan fingerprint density at radius 1 is 1.38 bits per heavy atom. The minimum Gasteiger partial charge on any atom is -0.313 e. The molecular weight excluding hydrogens is 262 g/mol. The summed E-state index contributed by atoms with van der Waals surface area (Å²) in [5.41, 5.74) is 1.42. The summed E-state index contributed by atoms with van der Waals surface area (Å²) in [4.78, 5) is 0. The highest BCUT2D eigenvalue weighted by atomic mass is 79.9. The van der Waals surface area contributed by atoms with Gasteiger partial charge in [0.2, 0.25) is 0 Å². The first-order valence-electron chi connectivity index (χ1n) is 6.24. The largest absolute Gasteiger partial charge is 0.313 e. The third-order valence-corrected chi connectivity index (χ3v) is 3.98. The molecule has 1 aromatic rings. The summed E-state index contributed by atoms with van der Waals surface area (Å²) >= 11 is 3.53. The van der Waals surface area contributed by atoms with Crippen LogP contribution in [0.25, 0.3) is 0 Å². The van der Waals surface area contributed by atoms with E-state index < -0.39 is 0 Å². The summed E-state index contributed by atoms with van der Waals surface area (Å²) in [6.07, 6.45) is 5.54. The van der Waals surface area contributed by atoms with Crippen LogP contribution in [0.5, 0.6) is 0 Å². The third kappa shape index (κ3) is 3.33. The molecule has 2 heteroatoms. The molecule has 16 heavy (non-hydrogen) atoms. The van der Waals surface area contributed by atoms with Crippen molar-refractivity contribution in [2.75, 3.05) is 6.54 Å². The van der Waals surface area contributed by atoms with Gasteiger partial charge >= 0.3 is 0 Å². The van der Waals surface area contributed by atoms with Gasteiger partial charge < -0.3 is 5.32 Å². The average Bonchev–Trinajstić information content (AvgIpc) is 2.78. The fourth-order valence-corrected chi connectivity index (χ4v) is 2.82. The molecule has 0 heterocycles. The summed E-state index contributed by atoms with van der Waals surface area (Å²) in [6.45, 7) is 3.39. The fraction of sp³-hybridized carbons (Fsp3) is 0.571. The summed E-state index contributed by atoms with van der Waals surface area (Å²) in [7, 11) is 0. The van der Waals surface area contributed by atoms with Gasteiger partial charge in [-0.15, -0.1) is 0 Å². The molecule has 1 saturated carbocycles. The Kier molecular flexibility index (Phi) is 4.42. The molecule has 0 aromatic heterocycles. The minimum atomic E-state index is 0.595. The predicted octanol–water partition coefficient (Wildman–Crippen LogP) is 4.08. The van der Waals surface area contributed by atoms with Gasteiger partial charge in [-0.05, 0) is 36.5 Å². The first-order valence-corrected chi connectivity index (χ1v) is 7.04. The van der Waals surface area contributed by atoms with Gasteiger partial charge in [0.15, 0.2) is 0 Å². The van der Waals surface area contributed by atoms with Crippen LogP contribution >= 0.6 is 15.9 Å². The van der Waals surface area contributed by atoms with Gasteiger partial charge in [0.25, 0.3) is 0 Å². The van der Waals surface area contributed by atoms with E-state index >= 15 is 0 Å². The molecule has 0 bridgehead atoms. The molecule has 0 aliphatic heterocycles. The molecule has 1 unspecified atom stereocenters. The number of nitrogens with one attached hydrogen (secondary N) is 1. The first kappa shape index (κ1) is 12.1. The van der Waals surface area contributed by atoms with Crippen molar-refractivity contribution < 1.29 is 0 Å². The zero-order valence-electron chi connectivity index (χ0n) is 9.88. The van der Waals surface area contributed by atoms with E-state index in [-0.39, 0.29) is 0 Å². The lowest BCUT2D eigenvalue weighted by Crippen LogP contribution is -2.29. The summed E-state index contributed by atoms with van der Waals surface area (Å²) in [5, 5.41) is 3.68. The van der Waals surface area contributed by atoms with Gasteiger partial charge in [-0.1, -0.05) is 47.8 Å². The Morgan fingerprint density at radius 2 is 2.12 bits per heavy atom. The molecular formula is C14H20BrN. The monoisotopic (exact) mass is 281 g/mol. The second kappa shape index (κ2) is 5.83. The van der Waals surface area contributed by atoms with Crippen LogP contribution in [0, 0.1) is 0 Å². The molecule has 2 rings (SSSR count). The van der Waals surface area contributed by atoms with Crippen molar-refractivity contribution >= 4 is 15.9 Å². The Morgan fingerprint density at radius 3 is 2.81 bits per heavy atom. The number of benzene rings is 1. The Hall–Kier alpha value is -0.340. The molecule has 1 atom stereocenters. The van der Waals surface area contributed by atoms with E-state index in [1.165, 1.54) is 35.7 Å². The van der Waals surface area contributed by atoms with Crippen molar-refractivity contribution in [3.05, 3.63) is 34.3 Å². The van der Waals surface area contributed by atoms with Gasteiger partial charge in [-0.3, -0.25) is 0 Å². The highest BCUT2D eigenvalue weighted by molar-refractivity contribution is 9.10. The number of hydrogen-bond acceptors (Lipinski definition) is 1. The number of halogens is 1. The van der Waals surface area contributed by atoms with E-state index in [1.807, 2.05) is 0 Å². The van der Waals surface area contributed by atoms with E-state index in [9.17, 15) is 0 Å². The van der Waals surface area contributed by atoms with E-state index in [4.69, 9.17) is 0 Å². The van der Waals surface area contributed by atoms with Crippen molar-refractivity contribution in [1.82, 2.24) is 5.32 Å². The quantitative estimate of drug-likeness (QED) is 0.877. The molecule has 1 nitrogen and oxygen atoms in total. The minimum absolute atomic E-state index is 0.595. The second-order valence-corrected chi connectivity index (χ2v) is 5.76. The number of hydrogen-bond donors (Lipinski definition) is 1. The first-order chi connectivity index (χ1) is 7.75. The van der Waals surface area contributed by atoms with Crippen LogP contribution in [0.2, 0.25) is 0 Å². The molecule has 0 saturated heterocycles. The Labute approximate surface area is 107 Å². The van der Waals surface area contributed by atoms with Crippen molar-refractivity contribution in [2.24, 2.45) is 0 Å². The van der Waals surface area contributed by atoms with Crippen LogP contribution in [0.3, 0.4) is 0 Å². The fourth-order valence-electron chi connectivity index (χ4n) is 2.40. The maximum absolute atomic E-state index is 3.68. The molecule has 0 amide bonds. The van der Waals surface area contributed by atoms with Gasteiger partial charge in [-0.2, -0.15) is 0 Å². The maximum atomic E-state index is 3.68. The van der Waals surface area contributed by atoms with Crippen LogP contribution in [0.4, 0.5) is 0 Å². The highest BCUT2D eigenvalue weighted by Crippen LogP contribution is 2.21. The van der Waals surface area contributed by atoms with E-state index in [0.717, 1.165) is 12.6 Å². The van der Waals surface area contributed by atoms with Crippen LogP contribution in [-0.2, 0) is 0 Å². The molecule has 1 aromatic carbocycles. The van der Waals surface area contributed by atoms with Crippen LogP contribution in [0.1, 0.15) is 44.1 Å². The van der Waals surface area contributed by atoms with Gasteiger partial charge in [-0.25, -0.2) is 0 Å². The average molecular weight is 282 g/mol. The number of rotatable bonds is 4. The van der Waals surface area contributed by atoms with Gasteiger partial charge in [0, 0.05) is 17.1 Å². The van der Waals surface area contributed by atoms with Crippen LogP contribution in [-0.4, -0.2) is 12.6 Å². The summed E-state index contributed by atoms with van der Waals surface area (Å²) in [5.74, 6) is 0.595. The molecule has 88 valence electrons. The molecule has 0 radical (unpaired) electrons. The molecule has 0 spiro atoms. The smallest absolute Gasteiger partial charge is 0.0178 e. The Bertz CT molecular complexity index is 331. The summed E-state index contributed by atoms with van der Waals surface area (Å²) in [6, 6.07) is 9.41. The van der Waals surface area contributed by atoms with Crippen molar-refractivity contribution in [1.29, 1.82) is 0 Å². The van der Waals surface area contributed by atoms with Crippen LogP contribution < -0.4 is 5.32 Å². The van der Waals surface area contributed by atoms with E-state index in [0.29, 0.717) is 5.92 Å². The molecule has 1 fully saturated rings. The van der Waals surface area contributed by atoms with E-state index in [1.54, 1.807) is 0 Å². The second-order valence-electron chi connectivity index (χ2n) is 4.85. The summed E-state index contributed by atoms with van der Waals surface area (Å²) < 4.78 is 1.18. The molecule has 1 N–H and O–H groups in total. The topological polar surface area (TPSA) is 12.0 Å². The van der Waals surface area contributed by atoms with Gasteiger partial charge in [0.05, 0.1) is 0 Å². The van der Waals surface area contributed by atoms with E-state index in [2.05, 4.69) is 52.4 Å². The lowest BCUT2D eigenvalue weighted by atomic mass is 10.0.